The Bertz CT molecular complexity index is 1030. The first-order chi connectivity index (χ1) is 14.0. The smallest absolute Gasteiger partial charge is 0.256 e. The lowest BCUT2D eigenvalue weighted by molar-refractivity contribution is -0.0950. The molecule has 3 N–H and O–H groups in total. The van der Waals surface area contributed by atoms with Crippen LogP contribution in [0.4, 0.5) is 10.2 Å². The monoisotopic (exact) mass is 512 g/mol. The molecule has 8 nitrogen and oxygen atoms in total. The molecule has 4 rings (SSSR count). The van der Waals surface area contributed by atoms with Gasteiger partial charge in [-0.1, -0.05) is 40.8 Å². The van der Waals surface area contributed by atoms with E-state index in [1.54, 1.807) is 36.4 Å². The second kappa shape index (κ2) is 7.94. The molecule has 3 heterocycles. The van der Waals surface area contributed by atoms with Crippen LogP contribution in [0.5, 0.6) is 0 Å². The van der Waals surface area contributed by atoms with Gasteiger partial charge in [0.25, 0.3) is 5.91 Å². The normalized spacial score (nSPS) is 26.7. The van der Waals surface area contributed by atoms with E-state index in [-0.39, 0.29) is 16.2 Å². The molecule has 0 aliphatic carbocycles. The van der Waals surface area contributed by atoms with Crippen molar-refractivity contribution in [1.82, 2.24) is 14.6 Å². The van der Waals surface area contributed by atoms with E-state index >= 15 is 0 Å². The zero-order chi connectivity index (χ0) is 20.6. The van der Waals surface area contributed by atoms with Crippen LogP contribution in [0.1, 0.15) is 22.2 Å². The van der Waals surface area contributed by atoms with Crippen LogP contribution in [0.2, 0.25) is 0 Å². The second-order valence-corrected chi connectivity index (χ2v) is 7.53. The number of hydrogen-bond acceptors (Lipinski definition) is 6. The lowest BCUT2D eigenvalue weighted by atomic mass is 9.98. The number of hydrogen-bond donors (Lipinski definition) is 3. The summed E-state index contributed by atoms with van der Waals surface area (Å²) in [5.74, 6) is -0.0783. The quantitative estimate of drug-likeness (QED) is 0.356. The summed E-state index contributed by atoms with van der Waals surface area (Å²) in [4.78, 5) is 16.6. The van der Waals surface area contributed by atoms with E-state index in [1.165, 1.54) is 10.8 Å². The molecule has 0 unspecified atom stereocenters. The van der Waals surface area contributed by atoms with Crippen molar-refractivity contribution in [3.8, 4) is 0 Å². The first-order valence-corrected chi connectivity index (χ1v) is 10.4. The molecule has 29 heavy (non-hydrogen) atoms. The highest BCUT2D eigenvalue weighted by atomic mass is 127. The van der Waals surface area contributed by atoms with Gasteiger partial charge in [-0.3, -0.25) is 4.79 Å². The van der Waals surface area contributed by atoms with Gasteiger partial charge >= 0.3 is 0 Å². The number of ether oxygens (including phenoxy) is 1. The number of amides is 1. The van der Waals surface area contributed by atoms with Crippen molar-refractivity contribution in [2.24, 2.45) is 0 Å². The van der Waals surface area contributed by atoms with Crippen molar-refractivity contribution >= 4 is 39.8 Å². The minimum absolute atomic E-state index is 0.218. The molecule has 10 heteroatoms. The Morgan fingerprint density at radius 2 is 2.07 bits per heavy atom. The Morgan fingerprint density at radius 1 is 1.31 bits per heavy atom. The van der Waals surface area contributed by atoms with E-state index in [9.17, 15) is 19.4 Å². The van der Waals surface area contributed by atoms with E-state index in [0.29, 0.717) is 16.8 Å². The van der Waals surface area contributed by atoms with Crippen molar-refractivity contribution in [2.45, 2.75) is 24.0 Å². The number of aliphatic hydroxyl groups is 2. The molecule has 4 atom stereocenters. The van der Waals surface area contributed by atoms with E-state index in [0.717, 1.165) is 0 Å². The number of nitrogens with zero attached hydrogens (tertiary/aromatic N) is 3. The number of fused-ring (bicyclic) bond motifs is 1. The summed E-state index contributed by atoms with van der Waals surface area (Å²) >= 11 is 1.95. The molecule has 1 aliphatic rings. The van der Waals surface area contributed by atoms with Gasteiger partial charge in [0.15, 0.2) is 12.0 Å². The van der Waals surface area contributed by atoms with Crippen molar-refractivity contribution in [3.63, 3.8) is 0 Å². The molecule has 3 aromatic rings. The van der Waals surface area contributed by atoms with Crippen LogP contribution in [-0.2, 0) is 4.74 Å². The molecule has 0 spiro atoms. The second-order valence-electron chi connectivity index (χ2n) is 6.77. The minimum Gasteiger partial charge on any atom is -0.393 e. The van der Waals surface area contributed by atoms with Gasteiger partial charge in [0.2, 0.25) is 0 Å². The third-order valence-corrected chi connectivity index (χ3v) is 6.32. The van der Waals surface area contributed by atoms with Gasteiger partial charge in [-0.25, -0.2) is 13.9 Å². The van der Waals surface area contributed by atoms with Crippen molar-refractivity contribution in [1.29, 1.82) is 0 Å². The van der Waals surface area contributed by atoms with Crippen molar-refractivity contribution in [2.75, 3.05) is 16.4 Å². The van der Waals surface area contributed by atoms with Crippen LogP contribution in [0.15, 0.2) is 48.8 Å². The summed E-state index contributed by atoms with van der Waals surface area (Å²) in [6, 6.07) is 11.9. The van der Waals surface area contributed by atoms with Crippen LogP contribution < -0.4 is 5.32 Å². The van der Waals surface area contributed by atoms with Gasteiger partial charge in [-0.2, -0.15) is 5.10 Å². The van der Waals surface area contributed by atoms with E-state index < -0.39 is 30.6 Å². The van der Waals surface area contributed by atoms with Gasteiger partial charge in [-0.05, 0) is 24.3 Å². The number of anilines is 1. The highest BCUT2D eigenvalue weighted by Gasteiger charge is 2.55. The summed E-state index contributed by atoms with van der Waals surface area (Å²) in [5.41, 5.74) is -0.110. The number of benzene rings is 1. The maximum absolute atomic E-state index is 14.9. The standard InChI is InChI=1S/C19H18FIN4O4/c20-14-15(29-19(8-21,9-26)16(14)27)12-6-7-13-17(22-10-23-25(12)13)24-18(28)11-4-2-1-3-5-11/h1-7,10,14-16,26-27H,8-9H2,(H,22,23,24,28)/t14-,15-,16-,19+/m0/s1. The average Bonchev–Trinajstić information content (AvgIpc) is 3.29. The maximum atomic E-state index is 14.9. The first-order valence-electron chi connectivity index (χ1n) is 8.86. The Hall–Kier alpha value is -2.15. The summed E-state index contributed by atoms with van der Waals surface area (Å²) in [7, 11) is 0. The largest absolute Gasteiger partial charge is 0.393 e. The number of carbonyl (C=O) groups is 1. The molecular weight excluding hydrogens is 494 g/mol. The molecule has 1 saturated heterocycles. The Morgan fingerprint density at radius 3 is 2.72 bits per heavy atom. The summed E-state index contributed by atoms with van der Waals surface area (Å²) < 4.78 is 22.3. The summed E-state index contributed by atoms with van der Waals surface area (Å²) in [6.07, 6.45) is -3.10. The average molecular weight is 512 g/mol. The van der Waals surface area contributed by atoms with E-state index in [2.05, 4.69) is 15.4 Å². The van der Waals surface area contributed by atoms with Crippen LogP contribution in [0.25, 0.3) is 5.52 Å². The lowest BCUT2D eigenvalue weighted by Crippen LogP contribution is -2.47. The Labute approximate surface area is 178 Å². The molecule has 1 fully saturated rings. The molecule has 1 aliphatic heterocycles. The number of aromatic nitrogens is 3. The Kier molecular flexibility index (Phi) is 5.51. The number of carbonyl (C=O) groups excluding carboxylic acids is 1. The van der Waals surface area contributed by atoms with Crippen LogP contribution in [0, 0.1) is 0 Å². The van der Waals surface area contributed by atoms with Crippen LogP contribution in [0.3, 0.4) is 0 Å². The van der Waals surface area contributed by atoms with Gasteiger partial charge in [-0.15, -0.1) is 0 Å². The highest BCUT2D eigenvalue weighted by Crippen LogP contribution is 2.43. The topological polar surface area (TPSA) is 109 Å². The fourth-order valence-electron chi connectivity index (χ4n) is 3.39. The molecular formula is C19H18FIN4O4. The zero-order valence-electron chi connectivity index (χ0n) is 15.1. The Balaban J connectivity index is 1.67. The molecule has 2 aromatic heterocycles. The van der Waals surface area contributed by atoms with Crippen LogP contribution in [-0.4, -0.2) is 59.6 Å². The van der Waals surface area contributed by atoms with Crippen LogP contribution >= 0.6 is 22.6 Å². The zero-order valence-corrected chi connectivity index (χ0v) is 17.2. The predicted molar refractivity (Wildman–Crippen MR) is 111 cm³/mol. The van der Waals surface area contributed by atoms with E-state index in [4.69, 9.17) is 4.74 Å². The molecule has 0 radical (unpaired) electrons. The molecule has 0 bridgehead atoms. The third kappa shape index (κ3) is 3.39. The van der Waals surface area contributed by atoms with Gasteiger partial charge < -0.3 is 20.3 Å². The number of alkyl halides is 2. The maximum Gasteiger partial charge on any atom is 0.256 e. The fourth-order valence-corrected chi connectivity index (χ4v) is 4.26. The molecule has 152 valence electrons. The number of halogens is 2. The van der Waals surface area contributed by atoms with Crippen molar-refractivity contribution in [3.05, 3.63) is 60.0 Å². The van der Waals surface area contributed by atoms with Gasteiger partial charge in [0.05, 0.1) is 12.3 Å². The minimum atomic E-state index is -1.74. The SMILES string of the molecule is O=C(Nc1ncnn2c([C@@H]3O[C@@](CO)(CI)[C@@H](O)[C@H]3F)ccc12)c1ccccc1. The fraction of sp³-hybridized carbons (Fsp3) is 0.316. The highest BCUT2D eigenvalue weighted by molar-refractivity contribution is 14.1. The third-order valence-electron chi connectivity index (χ3n) is 5.03. The number of rotatable bonds is 5. The first kappa shape index (κ1) is 20.1. The number of aliphatic hydroxyl groups excluding tert-OH is 2. The van der Waals surface area contributed by atoms with Gasteiger partial charge in [0, 0.05) is 9.99 Å². The predicted octanol–water partition coefficient (Wildman–Crippen LogP) is 1.92. The molecule has 1 amide bonds. The van der Waals surface area contributed by atoms with Crippen molar-refractivity contribution < 1.29 is 24.1 Å². The van der Waals surface area contributed by atoms with E-state index in [1.807, 2.05) is 28.7 Å². The molecule has 0 saturated carbocycles. The lowest BCUT2D eigenvalue weighted by Gasteiger charge is -2.27. The summed E-state index contributed by atoms with van der Waals surface area (Å²) in [6.45, 7) is -0.509. The number of nitrogens with one attached hydrogen (secondary N) is 1. The summed E-state index contributed by atoms with van der Waals surface area (Å²) in [5, 5.41) is 26.8. The molecule has 1 aromatic carbocycles. The van der Waals surface area contributed by atoms with Gasteiger partial charge in [0.1, 0.15) is 29.7 Å².